The molecule has 4 heteroatoms. The van der Waals surface area contributed by atoms with Crippen LogP contribution in [0.4, 0.5) is 11.4 Å². The van der Waals surface area contributed by atoms with Crippen LogP contribution in [0.15, 0.2) is 22.7 Å². The summed E-state index contributed by atoms with van der Waals surface area (Å²) < 4.78 is 6.48. The Labute approximate surface area is 105 Å². The molecule has 1 aromatic rings. The largest absolute Gasteiger partial charge is 0.397 e. The van der Waals surface area contributed by atoms with E-state index in [1.807, 2.05) is 12.1 Å². The highest BCUT2D eigenvalue weighted by atomic mass is 79.9. The molecule has 2 rings (SSSR count). The Morgan fingerprint density at radius 1 is 1.50 bits per heavy atom. The van der Waals surface area contributed by atoms with Crippen molar-refractivity contribution in [3.63, 3.8) is 0 Å². The summed E-state index contributed by atoms with van der Waals surface area (Å²) in [5, 5.41) is 0. The number of anilines is 2. The first-order valence-corrected chi connectivity index (χ1v) is 6.33. The molecule has 16 heavy (non-hydrogen) atoms. The summed E-state index contributed by atoms with van der Waals surface area (Å²) in [5.41, 5.74) is 7.94. The van der Waals surface area contributed by atoms with Gasteiger partial charge in [-0.05, 0) is 31.0 Å². The van der Waals surface area contributed by atoms with Crippen molar-refractivity contribution in [3.05, 3.63) is 22.7 Å². The van der Waals surface area contributed by atoms with Crippen molar-refractivity contribution in [2.75, 3.05) is 30.8 Å². The second-order valence-corrected chi connectivity index (χ2v) is 5.06. The molecule has 1 atom stereocenters. The van der Waals surface area contributed by atoms with Gasteiger partial charge in [0.2, 0.25) is 0 Å². The van der Waals surface area contributed by atoms with Crippen molar-refractivity contribution in [1.82, 2.24) is 0 Å². The molecule has 0 amide bonds. The van der Waals surface area contributed by atoms with E-state index in [1.165, 1.54) is 0 Å². The van der Waals surface area contributed by atoms with E-state index in [1.54, 1.807) is 7.11 Å². The first kappa shape index (κ1) is 11.7. The molecule has 1 aromatic carbocycles. The van der Waals surface area contributed by atoms with E-state index in [0.717, 1.165) is 41.8 Å². The minimum absolute atomic E-state index is 0.326. The molecule has 0 saturated carbocycles. The van der Waals surface area contributed by atoms with Gasteiger partial charge in [-0.2, -0.15) is 0 Å². The number of rotatable bonds is 2. The van der Waals surface area contributed by atoms with Crippen molar-refractivity contribution in [1.29, 1.82) is 0 Å². The number of nitrogens with zero attached hydrogens (tertiary/aromatic N) is 1. The van der Waals surface area contributed by atoms with Crippen LogP contribution in [-0.2, 0) is 4.74 Å². The summed E-state index contributed by atoms with van der Waals surface area (Å²) in [6, 6.07) is 5.99. The Bertz CT molecular complexity index is 370. The van der Waals surface area contributed by atoms with Crippen molar-refractivity contribution in [2.24, 2.45) is 0 Å². The zero-order valence-corrected chi connectivity index (χ0v) is 11.0. The highest BCUT2D eigenvalue weighted by Gasteiger charge is 2.20. The quantitative estimate of drug-likeness (QED) is 0.849. The summed E-state index contributed by atoms with van der Waals surface area (Å²) in [7, 11) is 1.78. The molecular formula is C12H17BrN2O. The molecule has 1 saturated heterocycles. The summed E-state index contributed by atoms with van der Waals surface area (Å²) in [4.78, 5) is 2.30. The minimum atomic E-state index is 0.326. The van der Waals surface area contributed by atoms with E-state index in [9.17, 15) is 0 Å². The molecule has 1 aliphatic heterocycles. The highest BCUT2D eigenvalue weighted by molar-refractivity contribution is 9.10. The third-order valence-corrected chi connectivity index (χ3v) is 3.54. The second-order valence-electron chi connectivity index (χ2n) is 4.15. The lowest BCUT2D eigenvalue weighted by atomic mass is 10.1. The smallest absolute Gasteiger partial charge is 0.0746 e. The van der Waals surface area contributed by atoms with Gasteiger partial charge in [0.05, 0.1) is 17.5 Å². The van der Waals surface area contributed by atoms with Crippen LogP contribution in [0, 0.1) is 0 Å². The first-order chi connectivity index (χ1) is 7.70. The van der Waals surface area contributed by atoms with Crippen LogP contribution in [0.3, 0.4) is 0 Å². The van der Waals surface area contributed by atoms with Crippen molar-refractivity contribution < 1.29 is 4.74 Å². The van der Waals surface area contributed by atoms with Gasteiger partial charge < -0.3 is 15.4 Å². The van der Waals surface area contributed by atoms with Gasteiger partial charge in [-0.25, -0.2) is 0 Å². The SMILES string of the molecule is COC1CCCN(c2cc(Br)ccc2N)C1. The van der Waals surface area contributed by atoms with Crippen molar-refractivity contribution >= 4 is 27.3 Å². The summed E-state index contributed by atoms with van der Waals surface area (Å²) in [5.74, 6) is 0. The molecule has 1 fully saturated rings. The Kier molecular flexibility index (Phi) is 3.71. The van der Waals surface area contributed by atoms with Gasteiger partial charge in [0.25, 0.3) is 0 Å². The summed E-state index contributed by atoms with van der Waals surface area (Å²) in [6.07, 6.45) is 2.62. The number of nitrogen functional groups attached to an aromatic ring is 1. The maximum absolute atomic E-state index is 6.00. The van der Waals surface area contributed by atoms with Gasteiger partial charge >= 0.3 is 0 Å². The topological polar surface area (TPSA) is 38.5 Å². The number of halogens is 1. The van der Waals surface area contributed by atoms with Crippen molar-refractivity contribution in [3.8, 4) is 0 Å². The number of hydrogen-bond donors (Lipinski definition) is 1. The maximum Gasteiger partial charge on any atom is 0.0746 e. The Morgan fingerprint density at radius 3 is 3.06 bits per heavy atom. The van der Waals surface area contributed by atoms with Crippen LogP contribution in [0.2, 0.25) is 0 Å². The monoisotopic (exact) mass is 284 g/mol. The summed E-state index contributed by atoms with van der Waals surface area (Å²) >= 11 is 3.48. The number of nitrogens with two attached hydrogens (primary N) is 1. The number of ether oxygens (including phenoxy) is 1. The zero-order valence-electron chi connectivity index (χ0n) is 9.45. The predicted molar refractivity (Wildman–Crippen MR) is 70.8 cm³/mol. The molecular weight excluding hydrogens is 268 g/mol. The molecule has 3 nitrogen and oxygen atoms in total. The maximum atomic E-state index is 6.00. The van der Waals surface area contributed by atoms with Crippen LogP contribution >= 0.6 is 15.9 Å². The number of piperidine rings is 1. The molecule has 0 radical (unpaired) electrons. The average molecular weight is 285 g/mol. The standard InChI is InChI=1S/C12H17BrN2O/c1-16-10-3-2-6-15(8-10)12-7-9(13)4-5-11(12)14/h4-5,7,10H,2-3,6,8,14H2,1H3. The number of methoxy groups -OCH3 is 1. The average Bonchev–Trinajstić information content (AvgIpc) is 2.32. The highest BCUT2D eigenvalue weighted by Crippen LogP contribution is 2.29. The van der Waals surface area contributed by atoms with Gasteiger partial charge in [0, 0.05) is 24.7 Å². The predicted octanol–water partition coefficient (Wildman–Crippen LogP) is 2.65. The van der Waals surface area contributed by atoms with E-state index >= 15 is 0 Å². The third-order valence-electron chi connectivity index (χ3n) is 3.04. The number of benzene rings is 1. The van der Waals surface area contributed by atoms with Gasteiger partial charge in [-0.15, -0.1) is 0 Å². The molecule has 1 aliphatic rings. The van der Waals surface area contributed by atoms with E-state index in [-0.39, 0.29) is 0 Å². The van der Waals surface area contributed by atoms with Crippen LogP contribution in [-0.4, -0.2) is 26.3 Å². The Hall–Kier alpha value is -0.740. The first-order valence-electron chi connectivity index (χ1n) is 5.53. The van der Waals surface area contributed by atoms with Crippen LogP contribution in [0.1, 0.15) is 12.8 Å². The lowest BCUT2D eigenvalue weighted by Crippen LogP contribution is -2.39. The van der Waals surface area contributed by atoms with Crippen LogP contribution in [0.25, 0.3) is 0 Å². The Morgan fingerprint density at radius 2 is 2.31 bits per heavy atom. The molecule has 0 bridgehead atoms. The van der Waals surface area contributed by atoms with E-state index < -0.39 is 0 Å². The van der Waals surface area contributed by atoms with E-state index in [2.05, 4.69) is 26.9 Å². The number of hydrogen-bond acceptors (Lipinski definition) is 3. The normalized spacial score (nSPS) is 21.1. The van der Waals surface area contributed by atoms with E-state index in [0.29, 0.717) is 6.10 Å². The second kappa shape index (κ2) is 5.06. The molecule has 1 unspecified atom stereocenters. The minimum Gasteiger partial charge on any atom is -0.397 e. The third kappa shape index (κ3) is 2.50. The molecule has 88 valence electrons. The molecule has 0 aliphatic carbocycles. The Balaban J connectivity index is 2.19. The van der Waals surface area contributed by atoms with Crippen LogP contribution in [0.5, 0.6) is 0 Å². The fourth-order valence-electron chi connectivity index (χ4n) is 2.14. The fraction of sp³-hybridized carbons (Fsp3) is 0.500. The zero-order chi connectivity index (χ0) is 11.5. The van der Waals surface area contributed by atoms with Gasteiger partial charge in [-0.1, -0.05) is 15.9 Å². The molecule has 1 heterocycles. The van der Waals surface area contributed by atoms with Crippen LogP contribution < -0.4 is 10.6 Å². The lowest BCUT2D eigenvalue weighted by molar-refractivity contribution is 0.0894. The summed E-state index contributed by atoms with van der Waals surface area (Å²) in [6.45, 7) is 1.98. The van der Waals surface area contributed by atoms with Crippen molar-refractivity contribution in [2.45, 2.75) is 18.9 Å². The van der Waals surface area contributed by atoms with Gasteiger partial charge in [0.15, 0.2) is 0 Å². The molecule has 0 spiro atoms. The molecule has 0 aromatic heterocycles. The van der Waals surface area contributed by atoms with E-state index in [4.69, 9.17) is 10.5 Å². The fourth-order valence-corrected chi connectivity index (χ4v) is 2.49. The van der Waals surface area contributed by atoms with Gasteiger partial charge in [0.1, 0.15) is 0 Å². The van der Waals surface area contributed by atoms with Gasteiger partial charge in [-0.3, -0.25) is 0 Å². The lowest BCUT2D eigenvalue weighted by Gasteiger charge is -2.34. The molecule has 2 N–H and O–H groups in total.